The van der Waals surface area contributed by atoms with Crippen molar-refractivity contribution < 1.29 is 19.1 Å². The highest BCUT2D eigenvalue weighted by atomic mass is 79.9. The van der Waals surface area contributed by atoms with Crippen molar-refractivity contribution in [2.24, 2.45) is 0 Å². The van der Waals surface area contributed by atoms with Crippen molar-refractivity contribution in [3.63, 3.8) is 0 Å². The Labute approximate surface area is 118 Å². The highest BCUT2D eigenvalue weighted by Gasteiger charge is 2.28. The fourth-order valence-electron chi connectivity index (χ4n) is 1.79. The minimum Gasteiger partial charge on any atom is -0.456 e. The summed E-state index contributed by atoms with van der Waals surface area (Å²) in [6.45, 7) is -0.326. The average Bonchev–Trinajstić information content (AvgIpc) is 2.83. The zero-order valence-corrected chi connectivity index (χ0v) is 11.6. The van der Waals surface area contributed by atoms with E-state index in [1.54, 1.807) is 24.3 Å². The van der Waals surface area contributed by atoms with Crippen molar-refractivity contribution in [2.75, 3.05) is 6.61 Å². The van der Waals surface area contributed by atoms with Crippen LogP contribution in [0, 0.1) is 0 Å². The third-order valence-corrected chi connectivity index (χ3v) is 3.49. The molecule has 6 heteroatoms. The molecule has 1 fully saturated rings. The minimum absolute atomic E-state index is 0.168. The molecular formula is C13H12BrNO4. The molecule has 1 aromatic rings. The fourth-order valence-corrected chi connectivity index (χ4v) is 2.30. The Morgan fingerprint density at radius 3 is 2.74 bits per heavy atom. The molecule has 0 bridgehead atoms. The Morgan fingerprint density at radius 1 is 1.37 bits per heavy atom. The Hall–Kier alpha value is -1.69. The predicted octanol–water partition coefficient (Wildman–Crippen LogP) is 1.45. The number of hydrogen-bond acceptors (Lipinski definition) is 4. The first-order valence-electron chi connectivity index (χ1n) is 5.81. The molecule has 1 saturated heterocycles. The van der Waals surface area contributed by atoms with Crippen LogP contribution in [-0.4, -0.2) is 30.3 Å². The summed E-state index contributed by atoms with van der Waals surface area (Å²) in [5.41, 5.74) is 0.464. The van der Waals surface area contributed by atoms with Crippen molar-refractivity contribution in [3.8, 4) is 0 Å². The summed E-state index contributed by atoms with van der Waals surface area (Å²) in [7, 11) is 0. The lowest BCUT2D eigenvalue weighted by Crippen LogP contribution is -2.35. The number of hydrogen-bond donors (Lipinski definition) is 1. The molecule has 1 amide bonds. The molecule has 0 saturated carbocycles. The van der Waals surface area contributed by atoms with Gasteiger partial charge >= 0.3 is 5.97 Å². The number of halogens is 1. The first-order chi connectivity index (χ1) is 9.08. The van der Waals surface area contributed by atoms with Crippen molar-refractivity contribution in [1.82, 2.24) is 5.32 Å². The third-order valence-electron chi connectivity index (χ3n) is 2.80. The maximum Gasteiger partial charge on any atom is 0.329 e. The van der Waals surface area contributed by atoms with E-state index in [1.807, 2.05) is 0 Å². The van der Waals surface area contributed by atoms with Crippen LogP contribution in [0.2, 0.25) is 0 Å². The van der Waals surface area contributed by atoms with Gasteiger partial charge in [0.2, 0.25) is 11.7 Å². The standard InChI is InChI=1S/C13H12BrNO4/c14-9-4-2-1-3-8(9)11(16)7-19-13(18)10-5-6-12(17)15-10/h1-4,10H,5-7H2,(H,15,17). The number of rotatable bonds is 4. The molecule has 1 unspecified atom stereocenters. The Balaban J connectivity index is 1.89. The molecule has 0 aliphatic carbocycles. The van der Waals surface area contributed by atoms with Gasteiger partial charge in [-0.3, -0.25) is 9.59 Å². The fraction of sp³-hybridized carbons (Fsp3) is 0.308. The van der Waals surface area contributed by atoms with Crippen molar-refractivity contribution in [2.45, 2.75) is 18.9 Å². The van der Waals surface area contributed by atoms with E-state index in [0.29, 0.717) is 22.9 Å². The molecule has 1 atom stereocenters. The normalized spacial score (nSPS) is 17.9. The van der Waals surface area contributed by atoms with E-state index in [9.17, 15) is 14.4 Å². The maximum absolute atomic E-state index is 11.9. The first kappa shape index (κ1) is 13.7. The van der Waals surface area contributed by atoms with Gasteiger partial charge in [-0.25, -0.2) is 4.79 Å². The molecule has 0 aromatic heterocycles. The maximum atomic E-state index is 11.9. The second-order valence-electron chi connectivity index (χ2n) is 4.17. The molecule has 1 aromatic carbocycles. The van der Waals surface area contributed by atoms with Gasteiger partial charge in [-0.05, 0) is 12.5 Å². The van der Waals surface area contributed by atoms with Crippen LogP contribution in [-0.2, 0) is 14.3 Å². The van der Waals surface area contributed by atoms with Gasteiger partial charge in [-0.2, -0.15) is 0 Å². The van der Waals surface area contributed by atoms with E-state index in [1.165, 1.54) is 0 Å². The van der Waals surface area contributed by atoms with Crippen LogP contribution >= 0.6 is 15.9 Å². The molecule has 1 N–H and O–H groups in total. The van der Waals surface area contributed by atoms with Gasteiger partial charge in [0.1, 0.15) is 6.04 Å². The second-order valence-corrected chi connectivity index (χ2v) is 5.02. The van der Waals surface area contributed by atoms with Gasteiger partial charge < -0.3 is 10.1 Å². The Bertz CT molecular complexity index is 529. The molecule has 100 valence electrons. The van der Waals surface area contributed by atoms with Crippen LogP contribution in [0.4, 0.5) is 0 Å². The second kappa shape index (κ2) is 5.97. The summed E-state index contributed by atoms with van der Waals surface area (Å²) >= 11 is 3.26. The molecule has 19 heavy (non-hydrogen) atoms. The number of Topliss-reactive ketones (excluding diaryl/α,β-unsaturated/α-hetero) is 1. The van der Waals surface area contributed by atoms with Crippen LogP contribution in [0.5, 0.6) is 0 Å². The van der Waals surface area contributed by atoms with E-state index in [-0.39, 0.29) is 18.3 Å². The summed E-state index contributed by atoms with van der Waals surface area (Å²) in [4.78, 5) is 34.4. The topological polar surface area (TPSA) is 72.5 Å². The molecule has 2 rings (SSSR count). The predicted molar refractivity (Wildman–Crippen MR) is 70.6 cm³/mol. The van der Waals surface area contributed by atoms with Crippen LogP contribution in [0.1, 0.15) is 23.2 Å². The minimum atomic E-state index is -0.625. The SMILES string of the molecule is O=C1CCC(C(=O)OCC(=O)c2ccccc2Br)N1. The number of carbonyl (C=O) groups is 3. The summed E-state index contributed by atoms with van der Waals surface area (Å²) in [6.07, 6.45) is 0.735. The van der Waals surface area contributed by atoms with Crippen molar-refractivity contribution in [3.05, 3.63) is 34.3 Å². The number of benzene rings is 1. The lowest BCUT2D eigenvalue weighted by molar-refractivity contribution is -0.145. The summed E-state index contributed by atoms with van der Waals surface area (Å²) in [6, 6.07) is 6.29. The van der Waals surface area contributed by atoms with E-state index < -0.39 is 12.0 Å². The quantitative estimate of drug-likeness (QED) is 0.671. The molecule has 0 spiro atoms. The highest BCUT2D eigenvalue weighted by molar-refractivity contribution is 9.10. The smallest absolute Gasteiger partial charge is 0.329 e. The number of ketones is 1. The highest BCUT2D eigenvalue weighted by Crippen LogP contribution is 2.16. The first-order valence-corrected chi connectivity index (χ1v) is 6.61. The van der Waals surface area contributed by atoms with Crippen LogP contribution in [0.3, 0.4) is 0 Å². The summed E-state index contributed by atoms with van der Waals surface area (Å²) < 4.78 is 5.58. The van der Waals surface area contributed by atoms with E-state index >= 15 is 0 Å². The molecular weight excluding hydrogens is 314 g/mol. The number of esters is 1. The van der Waals surface area contributed by atoms with Gasteiger partial charge in [-0.1, -0.05) is 34.1 Å². The molecule has 0 radical (unpaired) electrons. The van der Waals surface area contributed by atoms with Crippen LogP contribution in [0.15, 0.2) is 28.7 Å². The van der Waals surface area contributed by atoms with E-state index in [0.717, 1.165) is 0 Å². The van der Waals surface area contributed by atoms with Crippen LogP contribution < -0.4 is 5.32 Å². The monoisotopic (exact) mass is 325 g/mol. The largest absolute Gasteiger partial charge is 0.456 e. The third kappa shape index (κ3) is 3.41. The zero-order chi connectivity index (χ0) is 13.8. The van der Waals surface area contributed by atoms with Gasteiger partial charge in [0.25, 0.3) is 0 Å². The molecule has 1 aliphatic rings. The Kier molecular flexibility index (Phi) is 4.31. The van der Waals surface area contributed by atoms with Gasteiger partial charge in [0.05, 0.1) is 0 Å². The zero-order valence-electron chi connectivity index (χ0n) is 10.0. The number of amides is 1. The number of carbonyl (C=O) groups excluding carboxylic acids is 3. The lowest BCUT2D eigenvalue weighted by Gasteiger charge is -2.10. The van der Waals surface area contributed by atoms with Gasteiger partial charge in [0.15, 0.2) is 6.61 Å². The molecule has 5 nitrogen and oxygen atoms in total. The summed E-state index contributed by atoms with van der Waals surface area (Å²) in [5, 5.41) is 2.49. The van der Waals surface area contributed by atoms with Crippen molar-refractivity contribution >= 4 is 33.6 Å². The van der Waals surface area contributed by atoms with E-state index in [4.69, 9.17) is 4.74 Å². The van der Waals surface area contributed by atoms with Crippen LogP contribution in [0.25, 0.3) is 0 Å². The number of ether oxygens (including phenoxy) is 1. The molecule has 1 heterocycles. The average molecular weight is 326 g/mol. The van der Waals surface area contributed by atoms with Crippen molar-refractivity contribution in [1.29, 1.82) is 0 Å². The number of nitrogens with one attached hydrogen (secondary N) is 1. The Morgan fingerprint density at radius 2 is 2.11 bits per heavy atom. The van der Waals surface area contributed by atoms with Gasteiger partial charge in [-0.15, -0.1) is 0 Å². The van der Waals surface area contributed by atoms with E-state index in [2.05, 4.69) is 21.2 Å². The molecule has 1 aliphatic heterocycles. The van der Waals surface area contributed by atoms with Gasteiger partial charge in [0, 0.05) is 16.5 Å². The summed E-state index contributed by atoms with van der Waals surface area (Å²) in [5.74, 6) is -1.02. The lowest BCUT2D eigenvalue weighted by atomic mass is 10.1.